The largest absolute Gasteiger partial charge is 0.480 e. The van der Waals surface area contributed by atoms with E-state index in [2.05, 4.69) is 0 Å². The van der Waals surface area contributed by atoms with Crippen molar-refractivity contribution < 1.29 is 41.8 Å². The molecule has 30 heavy (non-hydrogen) atoms. The normalized spacial score (nSPS) is 19.1. The molecule has 1 atom stereocenters. The molecule has 0 bridgehead atoms. The van der Waals surface area contributed by atoms with Gasteiger partial charge in [-0.15, -0.1) is 0 Å². The van der Waals surface area contributed by atoms with Crippen molar-refractivity contribution in [2.24, 2.45) is 5.41 Å². The van der Waals surface area contributed by atoms with Crippen molar-refractivity contribution in [2.45, 2.75) is 13.3 Å². The maximum Gasteiger partial charge on any atom is 0.331 e. The quantitative estimate of drug-likeness (QED) is 0.430. The number of carboxylic acids is 2. The van der Waals surface area contributed by atoms with Crippen LogP contribution in [0.1, 0.15) is 23.7 Å². The minimum atomic E-state index is -4.22. The van der Waals surface area contributed by atoms with Crippen molar-refractivity contribution in [1.29, 1.82) is 0 Å². The fraction of sp³-hybridized carbons (Fsp3) is 0.278. The van der Waals surface area contributed by atoms with Crippen LogP contribution in [0.25, 0.3) is 0 Å². The lowest BCUT2D eigenvalue weighted by Gasteiger charge is -2.29. The molecular formula is C18H18F2N2O7S. The number of allylic oxidation sites excluding steroid dienone is 2. The van der Waals surface area contributed by atoms with Crippen molar-refractivity contribution in [3.8, 4) is 0 Å². The Labute approximate surface area is 170 Å². The summed E-state index contributed by atoms with van der Waals surface area (Å²) in [5.74, 6) is -7.90. The molecule has 12 heteroatoms. The maximum atomic E-state index is 15.0. The van der Waals surface area contributed by atoms with E-state index in [0.717, 1.165) is 32.3 Å². The first-order valence-electron chi connectivity index (χ1n) is 8.32. The molecule has 0 saturated carbocycles. The van der Waals surface area contributed by atoms with Gasteiger partial charge in [-0.05, 0) is 25.1 Å². The van der Waals surface area contributed by atoms with Crippen LogP contribution in [0.4, 0.5) is 14.5 Å². The number of anilines is 1. The molecular weight excluding hydrogens is 426 g/mol. The van der Waals surface area contributed by atoms with E-state index in [1.54, 1.807) is 0 Å². The highest BCUT2D eigenvalue weighted by molar-refractivity contribution is 7.90. The van der Waals surface area contributed by atoms with Gasteiger partial charge >= 0.3 is 22.1 Å². The molecule has 162 valence electrons. The van der Waals surface area contributed by atoms with Gasteiger partial charge in [-0.25, -0.2) is 13.6 Å². The first-order valence-corrected chi connectivity index (χ1v) is 9.76. The van der Waals surface area contributed by atoms with Gasteiger partial charge in [-0.3, -0.25) is 14.3 Å². The lowest BCUT2D eigenvalue weighted by Crippen LogP contribution is -2.41. The predicted octanol–water partition coefficient (Wildman–Crippen LogP) is 1.80. The Balaban J connectivity index is 2.67. The third-order valence-corrected chi connectivity index (χ3v) is 5.88. The summed E-state index contributed by atoms with van der Waals surface area (Å²) in [4.78, 5) is 36.4. The van der Waals surface area contributed by atoms with E-state index in [4.69, 9.17) is 0 Å². The van der Waals surface area contributed by atoms with Crippen LogP contribution >= 0.6 is 0 Å². The number of carbonyl (C=O) groups excluding carboxylic acids is 1. The first-order chi connectivity index (χ1) is 13.7. The van der Waals surface area contributed by atoms with Crippen LogP contribution in [0.2, 0.25) is 0 Å². The van der Waals surface area contributed by atoms with E-state index < -0.39 is 68.2 Å². The summed E-state index contributed by atoms with van der Waals surface area (Å²) in [5.41, 5.74) is -5.00. The van der Waals surface area contributed by atoms with Gasteiger partial charge in [0.05, 0.1) is 11.3 Å². The number of rotatable bonds is 7. The zero-order valence-electron chi connectivity index (χ0n) is 16.1. The average molecular weight is 444 g/mol. The number of nitrogens with one attached hydrogen (secondary N) is 1. The van der Waals surface area contributed by atoms with Crippen molar-refractivity contribution in [1.82, 2.24) is 4.31 Å². The molecule has 0 heterocycles. The Hall–Kier alpha value is -3.12. The number of halogens is 2. The van der Waals surface area contributed by atoms with Gasteiger partial charge in [0.15, 0.2) is 17.0 Å². The second-order valence-corrected chi connectivity index (χ2v) is 8.70. The highest BCUT2D eigenvalue weighted by Crippen LogP contribution is 2.40. The average Bonchev–Trinajstić information content (AvgIpc) is 2.63. The third kappa shape index (κ3) is 4.09. The van der Waals surface area contributed by atoms with Crippen LogP contribution in [-0.2, 0) is 19.8 Å². The standard InChI is InChI=1S/C18H18F2N2O7S/c1-9-6-10(16(24)25)8-18(7-9,17(26)27)15(23)13-11(19)4-5-12(14(13)20)21-30(28,29)22(2)3/h4-7,21H,8H2,1-3H3,(H,24,25)(H,26,27). The molecule has 1 unspecified atom stereocenters. The Kier molecular flexibility index (Phi) is 6.14. The number of ketones is 1. The SMILES string of the molecule is CC1=CC(C(=O)O)(C(=O)c2c(F)ccc(NS(=O)(=O)N(C)C)c2F)CC(C(=O)O)=C1. The van der Waals surface area contributed by atoms with Gasteiger partial charge in [-0.1, -0.05) is 11.6 Å². The van der Waals surface area contributed by atoms with Gasteiger partial charge in [0.1, 0.15) is 5.82 Å². The Bertz CT molecular complexity index is 1110. The minimum absolute atomic E-state index is 0.0969. The molecule has 1 aromatic carbocycles. The zero-order valence-corrected chi connectivity index (χ0v) is 16.9. The number of hydrogen-bond acceptors (Lipinski definition) is 5. The van der Waals surface area contributed by atoms with Crippen LogP contribution in [0.15, 0.2) is 35.4 Å². The molecule has 0 aromatic heterocycles. The van der Waals surface area contributed by atoms with Crippen molar-refractivity contribution in [2.75, 3.05) is 18.8 Å². The minimum Gasteiger partial charge on any atom is -0.480 e. The van der Waals surface area contributed by atoms with Gasteiger partial charge in [0.2, 0.25) is 0 Å². The summed E-state index contributed by atoms with van der Waals surface area (Å²) in [5, 5.41) is 18.9. The van der Waals surface area contributed by atoms with Gasteiger partial charge in [0, 0.05) is 26.1 Å². The number of nitrogens with zero attached hydrogens (tertiary/aromatic N) is 1. The summed E-state index contributed by atoms with van der Waals surface area (Å²) in [6.07, 6.45) is 1.21. The van der Waals surface area contributed by atoms with E-state index in [1.807, 2.05) is 4.72 Å². The molecule has 1 aromatic rings. The maximum absolute atomic E-state index is 15.0. The van der Waals surface area contributed by atoms with Crippen LogP contribution in [-0.4, -0.2) is 54.8 Å². The molecule has 0 amide bonds. The number of Topliss-reactive ketones (excluding diaryl/α,β-unsaturated/α-hetero) is 1. The molecule has 0 spiro atoms. The summed E-state index contributed by atoms with van der Waals surface area (Å²) in [6.45, 7) is 1.33. The Morgan fingerprint density at radius 3 is 2.27 bits per heavy atom. The third-order valence-electron chi connectivity index (χ3n) is 4.44. The second-order valence-electron chi connectivity index (χ2n) is 6.82. The smallest absolute Gasteiger partial charge is 0.331 e. The Morgan fingerprint density at radius 1 is 1.17 bits per heavy atom. The molecule has 3 N–H and O–H groups in total. The number of aliphatic carboxylic acids is 2. The Morgan fingerprint density at radius 2 is 1.77 bits per heavy atom. The molecule has 0 fully saturated rings. The number of carboxylic acid groups (broad SMARTS) is 2. The summed E-state index contributed by atoms with van der Waals surface area (Å²) in [7, 11) is -1.93. The molecule has 2 rings (SSSR count). The zero-order chi connectivity index (χ0) is 23.0. The van der Waals surface area contributed by atoms with E-state index in [0.29, 0.717) is 10.4 Å². The molecule has 9 nitrogen and oxygen atoms in total. The lowest BCUT2D eigenvalue weighted by molar-refractivity contribution is -0.143. The lowest BCUT2D eigenvalue weighted by atomic mass is 9.71. The monoisotopic (exact) mass is 444 g/mol. The van der Waals surface area contributed by atoms with Gasteiger partial charge < -0.3 is 10.2 Å². The van der Waals surface area contributed by atoms with Gasteiger partial charge in [0.25, 0.3) is 0 Å². The van der Waals surface area contributed by atoms with Crippen LogP contribution in [0.3, 0.4) is 0 Å². The fourth-order valence-corrected chi connectivity index (χ4v) is 3.54. The van der Waals surface area contributed by atoms with E-state index >= 15 is 0 Å². The van der Waals surface area contributed by atoms with E-state index in [1.165, 1.54) is 6.92 Å². The van der Waals surface area contributed by atoms with Crippen molar-refractivity contribution in [3.05, 3.63) is 52.6 Å². The summed E-state index contributed by atoms with van der Waals surface area (Å²) < 4.78 is 55.8. The highest BCUT2D eigenvalue weighted by atomic mass is 32.2. The molecule has 0 radical (unpaired) electrons. The van der Waals surface area contributed by atoms with E-state index in [-0.39, 0.29) is 5.57 Å². The van der Waals surface area contributed by atoms with Crippen molar-refractivity contribution >= 4 is 33.6 Å². The van der Waals surface area contributed by atoms with Crippen LogP contribution in [0.5, 0.6) is 0 Å². The first kappa shape index (κ1) is 23.2. The van der Waals surface area contributed by atoms with Crippen LogP contribution < -0.4 is 4.72 Å². The summed E-state index contributed by atoms with van der Waals surface area (Å²) in [6, 6.07) is 1.34. The topological polar surface area (TPSA) is 141 Å². The second kappa shape index (κ2) is 7.95. The van der Waals surface area contributed by atoms with E-state index in [9.17, 15) is 41.8 Å². The van der Waals surface area contributed by atoms with Crippen LogP contribution in [0, 0.1) is 17.0 Å². The summed E-state index contributed by atoms with van der Waals surface area (Å²) >= 11 is 0. The molecule has 0 saturated heterocycles. The molecule has 0 aliphatic heterocycles. The molecule has 1 aliphatic rings. The predicted molar refractivity (Wildman–Crippen MR) is 101 cm³/mol. The fourth-order valence-electron chi connectivity index (χ4n) is 2.92. The number of carbonyl (C=O) groups is 3. The number of hydrogen-bond donors (Lipinski definition) is 3. The highest BCUT2D eigenvalue weighted by Gasteiger charge is 2.49. The van der Waals surface area contributed by atoms with Gasteiger partial charge in [-0.2, -0.15) is 12.7 Å². The number of benzene rings is 1. The van der Waals surface area contributed by atoms with Crippen molar-refractivity contribution in [3.63, 3.8) is 0 Å². The molecule has 1 aliphatic carbocycles.